The second-order valence-electron chi connectivity index (χ2n) is 3.55. The minimum Gasteiger partial charge on any atom is -0.328 e. The van der Waals surface area contributed by atoms with Gasteiger partial charge in [0.15, 0.2) is 0 Å². The molecule has 0 saturated heterocycles. The van der Waals surface area contributed by atoms with Crippen LogP contribution >= 0.6 is 0 Å². The standard InChI is InChI=1S/C7H16.C3H9N.C2H6/c1-4-6-7(3)5-2;1-3(2)4;1-2/h7H,4-6H2,1-3H3;3H,4H2,1-2H3;1-2H3. The second kappa shape index (κ2) is 17.9. The Morgan fingerprint density at radius 3 is 1.38 bits per heavy atom. The summed E-state index contributed by atoms with van der Waals surface area (Å²) in [5, 5.41) is 0. The van der Waals surface area contributed by atoms with E-state index in [1.807, 2.05) is 27.7 Å². The Balaban J connectivity index is -0.000000142. The molecule has 0 rings (SSSR count). The molecular formula is C12H31N. The van der Waals surface area contributed by atoms with Crippen molar-refractivity contribution in [3.63, 3.8) is 0 Å². The summed E-state index contributed by atoms with van der Waals surface area (Å²) in [6.45, 7) is 14.7. The number of rotatable bonds is 3. The first-order valence-corrected chi connectivity index (χ1v) is 5.80. The van der Waals surface area contributed by atoms with Crippen LogP contribution in [0.5, 0.6) is 0 Å². The summed E-state index contributed by atoms with van der Waals surface area (Å²) in [5.74, 6) is 0.949. The molecule has 13 heavy (non-hydrogen) atoms. The van der Waals surface area contributed by atoms with Crippen LogP contribution in [-0.4, -0.2) is 6.04 Å². The predicted molar refractivity (Wildman–Crippen MR) is 65.0 cm³/mol. The van der Waals surface area contributed by atoms with Gasteiger partial charge in [-0.15, -0.1) is 0 Å². The van der Waals surface area contributed by atoms with Gasteiger partial charge in [-0.2, -0.15) is 0 Å². The normalized spacial score (nSPS) is 10.8. The van der Waals surface area contributed by atoms with Gasteiger partial charge in [-0.25, -0.2) is 0 Å². The Labute approximate surface area is 86.1 Å². The Hall–Kier alpha value is -0.0400. The molecule has 0 aromatic heterocycles. The van der Waals surface area contributed by atoms with Crippen molar-refractivity contribution in [2.75, 3.05) is 0 Å². The average molecular weight is 189 g/mol. The van der Waals surface area contributed by atoms with E-state index >= 15 is 0 Å². The van der Waals surface area contributed by atoms with Crippen molar-refractivity contribution in [1.29, 1.82) is 0 Å². The van der Waals surface area contributed by atoms with Crippen molar-refractivity contribution < 1.29 is 0 Å². The molecule has 0 bridgehead atoms. The van der Waals surface area contributed by atoms with Crippen molar-refractivity contribution in [1.82, 2.24) is 0 Å². The van der Waals surface area contributed by atoms with Gasteiger partial charge in [0.2, 0.25) is 0 Å². The van der Waals surface area contributed by atoms with Gasteiger partial charge in [0.25, 0.3) is 0 Å². The monoisotopic (exact) mass is 189 g/mol. The van der Waals surface area contributed by atoms with E-state index in [2.05, 4.69) is 20.8 Å². The van der Waals surface area contributed by atoms with Gasteiger partial charge >= 0.3 is 0 Å². The summed E-state index contributed by atoms with van der Waals surface area (Å²) in [6.07, 6.45) is 4.08. The highest BCUT2D eigenvalue weighted by molar-refractivity contribution is 4.45. The van der Waals surface area contributed by atoms with Crippen LogP contribution in [0, 0.1) is 5.92 Å². The molecule has 1 heteroatoms. The first-order valence-electron chi connectivity index (χ1n) is 5.80. The molecule has 0 fully saturated rings. The molecule has 0 saturated carbocycles. The Morgan fingerprint density at radius 1 is 1.00 bits per heavy atom. The van der Waals surface area contributed by atoms with Crippen LogP contribution in [0.25, 0.3) is 0 Å². The van der Waals surface area contributed by atoms with Crippen LogP contribution in [0.15, 0.2) is 0 Å². The molecule has 0 amide bonds. The van der Waals surface area contributed by atoms with Crippen LogP contribution in [0.1, 0.15) is 67.7 Å². The van der Waals surface area contributed by atoms with Crippen molar-refractivity contribution in [2.24, 2.45) is 11.7 Å². The topological polar surface area (TPSA) is 26.0 Å². The molecule has 0 aromatic rings. The van der Waals surface area contributed by atoms with E-state index < -0.39 is 0 Å². The van der Waals surface area contributed by atoms with Gasteiger partial charge in [0.1, 0.15) is 0 Å². The summed E-state index contributed by atoms with van der Waals surface area (Å²) >= 11 is 0. The molecule has 84 valence electrons. The molecule has 0 spiro atoms. The van der Waals surface area contributed by atoms with E-state index in [0.717, 1.165) is 5.92 Å². The van der Waals surface area contributed by atoms with E-state index in [0.29, 0.717) is 6.04 Å². The maximum Gasteiger partial charge on any atom is -0.00179 e. The first kappa shape index (κ1) is 18.7. The molecule has 0 aliphatic carbocycles. The minimum atomic E-state index is 0.333. The third-order valence-corrected chi connectivity index (χ3v) is 1.48. The lowest BCUT2D eigenvalue weighted by molar-refractivity contribution is 0.509. The third-order valence-electron chi connectivity index (χ3n) is 1.48. The van der Waals surface area contributed by atoms with Crippen molar-refractivity contribution in [3.05, 3.63) is 0 Å². The van der Waals surface area contributed by atoms with Gasteiger partial charge in [-0.3, -0.25) is 0 Å². The first-order chi connectivity index (χ1) is 6.04. The summed E-state index contributed by atoms with van der Waals surface area (Å²) in [6, 6.07) is 0.333. The van der Waals surface area contributed by atoms with Gasteiger partial charge in [0, 0.05) is 0 Å². The van der Waals surface area contributed by atoms with E-state index in [1.54, 1.807) is 0 Å². The van der Waals surface area contributed by atoms with E-state index in [-0.39, 0.29) is 0 Å². The second-order valence-corrected chi connectivity index (χ2v) is 3.55. The van der Waals surface area contributed by atoms with Gasteiger partial charge in [-0.1, -0.05) is 67.7 Å². The van der Waals surface area contributed by atoms with Gasteiger partial charge < -0.3 is 5.73 Å². The highest BCUT2D eigenvalue weighted by atomic mass is 14.6. The Morgan fingerprint density at radius 2 is 1.31 bits per heavy atom. The molecular weight excluding hydrogens is 158 g/mol. The van der Waals surface area contributed by atoms with Gasteiger partial charge in [-0.05, 0) is 12.0 Å². The molecule has 1 unspecified atom stereocenters. The van der Waals surface area contributed by atoms with E-state index in [4.69, 9.17) is 5.73 Å². The molecule has 2 N–H and O–H groups in total. The quantitative estimate of drug-likeness (QED) is 0.707. The highest BCUT2D eigenvalue weighted by Crippen LogP contribution is 2.07. The zero-order valence-corrected chi connectivity index (χ0v) is 10.9. The molecule has 1 nitrogen and oxygen atoms in total. The lowest BCUT2D eigenvalue weighted by Gasteiger charge is -2.02. The summed E-state index contributed by atoms with van der Waals surface area (Å²) in [7, 11) is 0. The smallest absolute Gasteiger partial charge is 0.00179 e. The fourth-order valence-corrected chi connectivity index (χ4v) is 0.697. The van der Waals surface area contributed by atoms with E-state index in [9.17, 15) is 0 Å². The minimum absolute atomic E-state index is 0.333. The fourth-order valence-electron chi connectivity index (χ4n) is 0.697. The molecule has 0 radical (unpaired) electrons. The predicted octanol–water partition coefficient (Wildman–Crippen LogP) is 4.21. The zero-order chi connectivity index (χ0) is 11.3. The Kier molecular flexibility index (Phi) is 25.7. The average Bonchev–Trinajstić information content (AvgIpc) is 2.07. The third kappa shape index (κ3) is 48.2. The maximum absolute atomic E-state index is 5.11. The Bertz CT molecular complexity index is 57.4. The molecule has 0 heterocycles. The molecule has 0 aliphatic rings. The largest absolute Gasteiger partial charge is 0.328 e. The van der Waals surface area contributed by atoms with Gasteiger partial charge in [0.05, 0.1) is 0 Å². The maximum atomic E-state index is 5.11. The lowest BCUT2D eigenvalue weighted by atomic mass is 10.0. The van der Waals surface area contributed by atoms with Crippen LogP contribution in [-0.2, 0) is 0 Å². The van der Waals surface area contributed by atoms with Crippen molar-refractivity contribution in [3.8, 4) is 0 Å². The van der Waals surface area contributed by atoms with Crippen LogP contribution < -0.4 is 5.73 Å². The van der Waals surface area contributed by atoms with Crippen LogP contribution in [0.4, 0.5) is 0 Å². The summed E-state index contributed by atoms with van der Waals surface area (Å²) < 4.78 is 0. The molecule has 0 aromatic carbocycles. The van der Waals surface area contributed by atoms with Crippen molar-refractivity contribution in [2.45, 2.75) is 73.8 Å². The molecule has 1 atom stereocenters. The molecule has 0 aliphatic heterocycles. The lowest BCUT2D eigenvalue weighted by Crippen LogP contribution is -2.06. The van der Waals surface area contributed by atoms with Crippen molar-refractivity contribution >= 4 is 0 Å². The van der Waals surface area contributed by atoms with Crippen LogP contribution in [0.3, 0.4) is 0 Å². The number of hydrogen-bond donors (Lipinski definition) is 1. The number of hydrogen-bond acceptors (Lipinski definition) is 1. The highest BCUT2D eigenvalue weighted by Gasteiger charge is 1.92. The number of nitrogens with two attached hydrogens (primary N) is 1. The van der Waals surface area contributed by atoms with Crippen LogP contribution in [0.2, 0.25) is 0 Å². The van der Waals surface area contributed by atoms with E-state index in [1.165, 1.54) is 19.3 Å². The fraction of sp³-hybridized carbons (Fsp3) is 1.00. The zero-order valence-electron chi connectivity index (χ0n) is 10.9. The SMILES string of the molecule is CC.CC(C)N.CCCC(C)CC. The summed E-state index contributed by atoms with van der Waals surface area (Å²) in [4.78, 5) is 0. The summed E-state index contributed by atoms with van der Waals surface area (Å²) in [5.41, 5.74) is 5.11.